The first-order valence-electron chi connectivity index (χ1n) is 10.7. The van der Waals surface area contributed by atoms with Gasteiger partial charge in [-0.1, -0.05) is 12.1 Å². The van der Waals surface area contributed by atoms with Crippen molar-refractivity contribution < 1.29 is 9.59 Å². The number of benzene rings is 1. The molecule has 1 aliphatic heterocycles. The summed E-state index contributed by atoms with van der Waals surface area (Å²) >= 11 is 0. The molecule has 2 aromatic rings. The van der Waals surface area contributed by atoms with E-state index in [1.165, 1.54) is 11.1 Å². The van der Waals surface area contributed by atoms with Crippen molar-refractivity contribution in [1.29, 1.82) is 0 Å². The van der Waals surface area contributed by atoms with E-state index in [0.29, 0.717) is 6.54 Å². The van der Waals surface area contributed by atoms with Crippen LogP contribution < -0.4 is 15.1 Å². The zero-order chi connectivity index (χ0) is 21.7. The van der Waals surface area contributed by atoms with Crippen molar-refractivity contribution in [2.75, 3.05) is 36.5 Å². The van der Waals surface area contributed by atoms with E-state index in [9.17, 15) is 9.59 Å². The van der Waals surface area contributed by atoms with Crippen LogP contribution in [-0.2, 0) is 22.4 Å². The van der Waals surface area contributed by atoms with E-state index < -0.39 is 5.41 Å². The molecular weight excluding hydrogens is 376 g/mol. The fourth-order valence-electron chi connectivity index (χ4n) is 3.92. The molecule has 0 bridgehead atoms. The summed E-state index contributed by atoms with van der Waals surface area (Å²) < 4.78 is 0. The Labute approximate surface area is 179 Å². The van der Waals surface area contributed by atoms with Gasteiger partial charge < -0.3 is 15.1 Å². The molecule has 0 radical (unpaired) electrons. The molecule has 1 aliphatic rings. The third kappa shape index (κ3) is 4.54. The van der Waals surface area contributed by atoms with Gasteiger partial charge in [0.15, 0.2) is 0 Å². The minimum atomic E-state index is -1.07. The lowest BCUT2D eigenvalue weighted by Crippen LogP contribution is -2.47. The highest BCUT2D eigenvalue weighted by Crippen LogP contribution is 2.38. The lowest BCUT2D eigenvalue weighted by atomic mass is 9.90. The molecule has 0 saturated heterocycles. The highest BCUT2D eigenvalue weighted by molar-refractivity contribution is 6.19. The number of anilines is 2. The maximum Gasteiger partial charge on any atom is 0.242 e. The van der Waals surface area contributed by atoms with Crippen molar-refractivity contribution in [2.24, 2.45) is 5.41 Å². The normalized spacial score (nSPS) is 15.9. The van der Waals surface area contributed by atoms with Gasteiger partial charge in [-0.25, -0.2) is 0 Å². The quantitative estimate of drug-likeness (QED) is 0.538. The average Bonchev–Trinajstić information content (AvgIpc) is 2.80. The maximum atomic E-state index is 12.9. The standard InChI is InChI=1S/C24H32N4O2/c1-5-28-20-11-10-18(8-6-13-25-15-12-19-9-7-14-26-17-19)16-21(20)27(4)22(29)24(2,3)23(28)30/h7,9-11,14,16-17,25H,5-6,8,12-13,15H2,1-4H3. The molecule has 0 unspecified atom stereocenters. The van der Waals surface area contributed by atoms with Crippen molar-refractivity contribution in [2.45, 2.75) is 40.0 Å². The van der Waals surface area contributed by atoms with Crippen molar-refractivity contribution in [3.8, 4) is 0 Å². The number of amides is 2. The van der Waals surface area contributed by atoms with Crippen LogP contribution in [0, 0.1) is 5.41 Å². The van der Waals surface area contributed by atoms with E-state index >= 15 is 0 Å². The summed E-state index contributed by atoms with van der Waals surface area (Å²) in [5.74, 6) is -0.315. The lowest BCUT2D eigenvalue weighted by Gasteiger charge is -2.27. The Morgan fingerprint density at radius 2 is 1.80 bits per heavy atom. The zero-order valence-electron chi connectivity index (χ0n) is 18.4. The van der Waals surface area contributed by atoms with Gasteiger partial charge in [-0.3, -0.25) is 14.6 Å². The summed E-state index contributed by atoms with van der Waals surface area (Å²) in [6.07, 6.45) is 6.58. The Morgan fingerprint density at radius 3 is 2.50 bits per heavy atom. The van der Waals surface area contributed by atoms with Crippen LogP contribution in [0.5, 0.6) is 0 Å². The van der Waals surface area contributed by atoms with E-state index in [0.717, 1.165) is 43.7 Å². The van der Waals surface area contributed by atoms with Gasteiger partial charge in [-0.15, -0.1) is 0 Å². The lowest BCUT2D eigenvalue weighted by molar-refractivity contribution is -0.137. The van der Waals surface area contributed by atoms with E-state index in [1.807, 2.05) is 25.3 Å². The molecule has 0 saturated carbocycles. The number of nitrogens with one attached hydrogen (secondary N) is 1. The van der Waals surface area contributed by atoms with E-state index in [4.69, 9.17) is 0 Å². The summed E-state index contributed by atoms with van der Waals surface area (Å²) in [6, 6.07) is 10.2. The molecule has 0 spiro atoms. The number of pyridine rings is 1. The number of aromatic nitrogens is 1. The third-order valence-corrected chi connectivity index (χ3v) is 5.76. The average molecular weight is 409 g/mol. The van der Waals surface area contributed by atoms with Gasteiger partial charge in [0.2, 0.25) is 11.8 Å². The first-order valence-corrected chi connectivity index (χ1v) is 10.7. The molecule has 1 N–H and O–H groups in total. The Bertz CT molecular complexity index is 895. The molecule has 30 heavy (non-hydrogen) atoms. The van der Waals surface area contributed by atoms with Crippen molar-refractivity contribution in [1.82, 2.24) is 10.3 Å². The van der Waals surface area contributed by atoms with Crippen LogP contribution in [0.4, 0.5) is 11.4 Å². The van der Waals surface area contributed by atoms with Gasteiger partial charge >= 0.3 is 0 Å². The fraction of sp³-hybridized carbons (Fsp3) is 0.458. The second-order valence-corrected chi connectivity index (χ2v) is 8.33. The van der Waals surface area contributed by atoms with E-state index in [-0.39, 0.29) is 11.8 Å². The number of hydrogen-bond donors (Lipinski definition) is 1. The van der Waals surface area contributed by atoms with Crippen LogP contribution in [0.2, 0.25) is 0 Å². The van der Waals surface area contributed by atoms with Gasteiger partial charge in [-0.05, 0) is 82.4 Å². The summed E-state index contributed by atoms with van der Waals surface area (Å²) in [7, 11) is 1.76. The molecular formula is C24H32N4O2. The number of rotatable bonds is 8. The van der Waals surface area contributed by atoms with Crippen LogP contribution >= 0.6 is 0 Å². The largest absolute Gasteiger partial charge is 0.316 e. The molecule has 0 atom stereocenters. The predicted molar refractivity (Wildman–Crippen MR) is 121 cm³/mol. The smallest absolute Gasteiger partial charge is 0.242 e. The molecule has 6 heteroatoms. The minimum absolute atomic E-state index is 0.147. The Balaban J connectivity index is 1.62. The Morgan fingerprint density at radius 1 is 1.00 bits per heavy atom. The molecule has 0 fully saturated rings. The van der Waals surface area contributed by atoms with Crippen LogP contribution in [0.3, 0.4) is 0 Å². The monoisotopic (exact) mass is 408 g/mol. The van der Waals surface area contributed by atoms with Crippen LogP contribution in [0.25, 0.3) is 0 Å². The van der Waals surface area contributed by atoms with E-state index in [2.05, 4.69) is 28.5 Å². The van der Waals surface area contributed by atoms with Crippen LogP contribution in [-0.4, -0.2) is 43.5 Å². The molecule has 3 rings (SSSR count). The minimum Gasteiger partial charge on any atom is -0.316 e. The molecule has 0 aliphatic carbocycles. The summed E-state index contributed by atoms with van der Waals surface area (Å²) in [5.41, 5.74) is 2.96. The number of fused-ring (bicyclic) bond motifs is 1. The fourth-order valence-corrected chi connectivity index (χ4v) is 3.92. The maximum absolute atomic E-state index is 12.9. The highest BCUT2D eigenvalue weighted by Gasteiger charge is 2.45. The first-order chi connectivity index (χ1) is 14.4. The molecule has 2 heterocycles. The third-order valence-electron chi connectivity index (χ3n) is 5.76. The number of carbonyl (C=O) groups excluding carboxylic acids is 2. The molecule has 160 valence electrons. The summed E-state index contributed by atoms with van der Waals surface area (Å²) in [4.78, 5) is 33.4. The van der Waals surface area contributed by atoms with Crippen molar-refractivity contribution >= 4 is 23.2 Å². The second kappa shape index (κ2) is 9.39. The predicted octanol–water partition coefficient (Wildman–Crippen LogP) is 3.20. The summed E-state index contributed by atoms with van der Waals surface area (Å²) in [6.45, 7) is 7.76. The van der Waals surface area contributed by atoms with Gasteiger partial charge in [-0.2, -0.15) is 0 Å². The first kappa shape index (κ1) is 22.0. The number of aryl methyl sites for hydroxylation is 1. The second-order valence-electron chi connectivity index (χ2n) is 8.33. The molecule has 2 amide bonds. The SMILES string of the molecule is CCN1C(=O)C(C)(C)C(=O)N(C)c2cc(CCCNCCc3cccnc3)ccc21. The van der Waals surface area contributed by atoms with Crippen LogP contribution in [0.1, 0.15) is 38.3 Å². The molecule has 6 nitrogen and oxygen atoms in total. The molecule has 1 aromatic heterocycles. The Hall–Kier alpha value is -2.73. The van der Waals surface area contributed by atoms with Gasteiger partial charge in [0, 0.05) is 26.0 Å². The Kier molecular flexibility index (Phi) is 6.87. The van der Waals surface area contributed by atoms with Crippen molar-refractivity contribution in [3.05, 3.63) is 53.9 Å². The van der Waals surface area contributed by atoms with Crippen LogP contribution in [0.15, 0.2) is 42.7 Å². The highest BCUT2D eigenvalue weighted by atomic mass is 16.2. The zero-order valence-corrected chi connectivity index (χ0v) is 18.4. The topological polar surface area (TPSA) is 65.5 Å². The number of carbonyl (C=O) groups is 2. The summed E-state index contributed by atoms with van der Waals surface area (Å²) in [5, 5.41) is 3.48. The van der Waals surface area contributed by atoms with Crippen molar-refractivity contribution in [3.63, 3.8) is 0 Å². The number of hydrogen-bond acceptors (Lipinski definition) is 4. The van der Waals surface area contributed by atoms with Gasteiger partial charge in [0.1, 0.15) is 5.41 Å². The van der Waals surface area contributed by atoms with Gasteiger partial charge in [0.25, 0.3) is 0 Å². The molecule has 1 aromatic carbocycles. The van der Waals surface area contributed by atoms with E-state index in [1.54, 1.807) is 36.9 Å². The number of nitrogens with zero attached hydrogens (tertiary/aromatic N) is 3. The van der Waals surface area contributed by atoms with Gasteiger partial charge in [0.05, 0.1) is 11.4 Å².